The van der Waals surface area contributed by atoms with Gasteiger partial charge >= 0.3 is 0 Å². The predicted molar refractivity (Wildman–Crippen MR) is 70.4 cm³/mol. The maximum atomic E-state index is 11.0. The highest BCUT2D eigenvalue weighted by Gasteiger charge is 2.13. The quantitative estimate of drug-likeness (QED) is 0.410. The van der Waals surface area contributed by atoms with Crippen LogP contribution < -0.4 is 9.47 Å². The van der Waals surface area contributed by atoms with E-state index in [2.05, 4.69) is 16.9 Å². The van der Waals surface area contributed by atoms with E-state index < -0.39 is 0 Å². The number of hydrogen-bond donors (Lipinski definition) is 0. The number of nitrogens with zero attached hydrogens (tertiary/aromatic N) is 2. The minimum atomic E-state index is -0.123. The highest BCUT2D eigenvalue weighted by atomic mass is 32.2. The van der Waals surface area contributed by atoms with Crippen LogP contribution in [0, 0.1) is 0 Å². The summed E-state index contributed by atoms with van der Waals surface area (Å²) in [7, 11) is 3.06. The third-order valence-corrected chi connectivity index (χ3v) is 3.37. The summed E-state index contributed by atoms with van der Waals surface area (Å²) in [5.41, 5.74) is 0. The maximum absolute atomic E-state index is 11.0. The molecule has 0 amide bonds. The average molecular weight is 270 g/mol. The number of rotatable bonds is 8. The molecule has 1 heterocycles. The molecule has 0 saturated carbocycles. The number of carbonyl (C=O) groups is 1. The molecule has 1 unspecified atom stereocenters. The van der Waals surface area contributed by atoms with E-state index in [1.807, 2.05) is 0 Å². The summed E-state index contributed by atoms with van der Waals surface area (Å²) in [4.78, 5) is 19.4. The molecule has 0 N–H and O–H groups in total. The van der Waals surface area contributed by atoms with Crippen LogP contribution in [0.2, 0.25) is 0 Å². The molecule has 0 bridgehead atoms. The van der Waals surface area contributed by atoms with Crippen molar-refractivity contribution in [3.05, 3.63) is 6.07 Å². The second-order valence-corrected chi connectivity index (χ2v) is 4.88. The second kappa shape index (κ2) is 7.92. The van der Waals surface area contributed by atoms with Gasteiger partial charge in [-0.1, -0.05) is 31.5 Å². The van der Waals surface area contributed by atoms with Crippen LogP contribution in [0.15, 0.2) is 11.2 Å². The molecule has 18 heavy (non-hydrogen) atoms. The molecule has 1 rings (SSSR count). The van der Waals surface area contributed by atoms with Crippen molar-refractivity contribution in [2.24, 2.45) is 0 Å². The summed E-state index contributed by atoms with van der Waals surface area (Å²) in [6, 6.07) is 1.60. The molecule has 1 aromatic rings. The van der Waals surface area contributed by atoms with Crippen molar-refractivity contribution < 1.29 is 14.3 Å². The Labute approximate surface area is 111 Å². The fourth-order valence-corrected chi connectivity index (χ4v) is 2.24. The fraction of sp³-hybridized carbons (Fsp3) is 0.583. The molecule has 0 fully saturated rings. The van der Waals surface area contributed by atoms with Crippen molar-refractivity contribution in [1.82, 2.24) is 9.97 Å². The van der Waals surface area contributed by atoms with E-state index in [0.29, 0.717) is 16.9 Å². The zero-order valence-electron chi connectivity index (χ0n) is 10.9. The van der Waals surface area contributed by atoms with Crippen molar-refractivity contribution in [3.63, 3.8) is 0 Å². The fourth-order valence-electron chi connectivity index (χ4n) is 1.34. The van der Waals surface area contributed by atoms with E-state index in [0.717, 1.165) is 25.5 Å². The Balaban J connectivity index is 2.77. The first-order valence-corrected chi connectivity index (χ1v) is 6.70. The zero-order chi connectivity index (χ0) is 13.4. The van der Waals surface area contributed by atoms with E-state index in [1.165, 1.54) is 26.0 Å². The summed E-state index contributed by atoms with van der Waals surface area (Å²) in [6.45, 7) is 2.09. The lowest BCUT2D eigenvalue weighted by molar-refractivity contribution is -0.107. The van der Waals surface area contributed by atoms with Crippen molar-refractivity contribution >= 4 is 18.0 Å². The van der Waals surface area contributed by atoms with Crippen LogP contribution in [-0.2, 0) is 4.79 Å². The third-order valence-electron chi connectivity index (χ3n) is 2.33. The largest absolute Gasteiger partial charge is 0.481 e. The Morgan fingerprint density at radius 1 is 1.33 bits per heavy atom. The first-order valence-electron chi connectivity index (χ1n) is 5.82. The van der Waals surface area contributed by atoms with E-state index in [9.17, 15) is 4.79 Å². The molecule has 0 aromatic carbocycles. The van der Waals surface area contributed by atoms with Gasteiger partial charge in [-0.2, -0.15) is 9.97 Å². The lowest BCUT2D eigenvalue weighted by Gasteiger charge is -2.09. The molecule has 0 radical (unpaired) electrons. The van der Waals surface area contributed by atoms with Gasteiger partial charge in [0.15, 0.2) is 5.16 Å². The van der Waals surface area contributed by atoms with Crippen LogP contribution in [0.3, 0.4) is 0 Å². The van der Waals surface area contributed by atoms with Gasteiger partial charge in [0.25, 0.3) is 0 Å². The van der Waals surface area contributed by atoms with E-state index >= 15 is 0 Å². The average Bonchev–Trinajstić information content (AvgIpc) is 2.42. The molecule has 0 aliphatic heterocycles. The highest BCUT2D eigenvalue weighted by Crippen LogP contribution is 2.26. The van der Waals surface area contributed by atoms with E-state index in [1.54, 1.807) is 6.07 Å². The lowest BCUT2D eigenvalue weighted by Crippen LogP contribution is -2.06. The number of aldehydes is 1. The lowest BCUT2D eigenvalue weighted by atomic mass is 10.2. The molecule has 0 aliphatic carbocycles. The third kappa shape index (κ3) is 4.52. The van der Waals surface area contributed by atoms with Gasteiger partial charge in [-0.15, -0.1) is 0 Å². The van der Waals surface area contributed by atoms with Gasteiger partial charge in [-0.3, -0.25) is 0 Å². The Kier molecular flexibility index (Phi) is 6.49. The molecular formula is C12H18N2O3S. The van der Waals surface area contributed by atoms with E-state index in [-0.39, 0.29) is 5.25 Å². The van der Waals surface area contributed by atoms with Gasteiger partial charge in [0.1, 0.15) is 6.29 Å². The molecule has 1 aromatic heterocycles. The standard InChI is InChI=1S/C12H18N2O3S/c1-4-5-6-9(8-15)18-12-13-10(16-2)7-11(14-12)17-3/h7-9H,4-6H2,1-3H3. The zero-order valence-corrected chi connectivity index (χ0v) is 11.7. The Bertz CT molecular complexity index is 365. The summed E-state index contributed by atoms with van der Waals surface area (Å²) < 4.78 is 10.1. The molecular weight excluding hydrogens is 252 g/mol. The van der Waals surface area contributed by atoms with Crippen molar-refractivity contribution in [1.29, 1.82) is 0 Å². The van der Waals surface area contributed by atoms with Crippen molar-refractivity contribution in [2.75, 3.05) is 14.2 Å². The van der Waals surface area contributed by atoms with Crippen LogP contribution >= 0.6 is 11.8 Å². The van der Waals surface area contributed by atoms with Gasteiger partial charge in [0.05, 0.1) is 25.5 Å². The number of aromatic nitrogens is 2. The van der Waals surface area contributed by atoms with Gasteiger partial charge < -0.3 is 14.3 Å². The smallest absolute Gasteiger partial charge is 0.220 e. The first kappa shape index (κ1) is 14.8. The second-order valence-electron chi connectivity index (χ2n) is 3.67. The Hall–Kier alpha value is -1.30. The molecule has 5 nitrogen and oxygen atoms in total. The summed E-state index contributed by atoms with van der Waals surface area (Å²) in [5.74, 6) is 0.869. The normalized spacial score (nSPS) is 11.9. The first-order chi connectivity index (χ1) is 8.73. The maximum Gasteiger partial charge on any atom is 0.220 e. The van der Waals surface area contributed by atoms with Gasteiger partial charge in [0, 0.05) is 0 Å². The van der Waals surface area contributed by atoms with Crippen molar-refractivity contribution in [3.8, 4) is 11.8 Å². The van der Waals surface area contributed by atoms with Crippen LogP contribution in [0.25, 0.3) is 0 Å². The number of thioether (sulfide) groups is 1. The van der Waals surface area contributed by atoms with Gasteiger partial charge in [0.2, 0.25) is 11.8 Å². The monoisotopic (exact) mass is 270 g/mol. The summed E-state index contributed by atoms with van der Waals surface area (Å²) in [5, 5.41) is 0.376. The number of ether oxygens (including phenoxy) is 2. The molecule has 100 valence electrons. The number of carbonyl (C=O) groups excluding carboxylic acids is 1. The topological polar surface area (TPSA) is 61.3 Å². The van der Waals surface area contributed by atoms with Crippen molar-refractivity contribution in [2.45, 2.75) is 36.6 Å². The van der Waals surface area contributed by atoms with Gasteiger partial charge in [-0.25, -0.2) is 0 Å². The summed E-state index contributed by atoms with van der Waals surface area (Å²) in [6.07, 6.45) is 3.84. The predicted octanol–water partition coefficient (Wildman–Crippen LogP) is 2.34. The SMILES string of the molecule is CCCCC(C=O)Sc1nc(OC)cc(OC)n1. The molecule has 6 heteroatoms. The molecule has 0 spiro atoms. The van der Waals surface area contributed by atoms with Crippen LogP contribution in [0.4, 0.5) is 0 Å². The number of unbranched alkanes of at least 4 members (excludes halogenated alkanes) is 1. The molecule has 0 aliphatic rings. The molecule has 0 saturated heterocycles. The Morgan fingerprint density at radius 2 is 1.94 bits per heavy atom. The Morgan fingerprint density at radius 3 is 2.39 bits per heavy atom. The van der Waals surface area contributed by atoms with Crippen LogP contribution in [-0.4, -0.2) is 35.7 Å². The van der Waals surface area contributed by atoms with Crippen LogP contribution in [0.5, 0.6) is 11.8 Å². The number of hydrogen-bond acceptors (Lipinski definition) is 6. The minimum absolute atomic E-state index is 0.123. The van der Waals surface area contributed by atoms with Gasteiger partial charge in [-0.05, 0) is 6.42 Å². The van der Waals surface area contributed by atoms with Crippen LogP contribution in [0.1, 0.15) is 26.2 Å². The minimum Gasteiger partial charge on any atom is -0.481 e. The van der Waals surface area contributed by atoms with E-state index in [4.69, 9.17) is 9.47 Å². The molecule has 1 atom stereocenters. The number of methoxy groups -OCH3 is 2. The summed E-state index contributed by atoms with van der Waals surface area (Å²) >= 11 is 1.34. The highest BCUT2D eigenvalue weighted by molar-refractivity contribution is 8.00.